The number of anilines is 1. The van der Waals surface area contributed by atoms with Crippen LogP contribution in [0.2, 0.25) is 0 Å². The van der Waals surface area contributed by atoms with E-state index in [2.05, 4.69) is 106 Å². The SMILES string of the molecule is CCCOc1c(Br)cc(/C=C2\SC(=Nc3cc4c5c(c3)[C@@H](c3ccccc3)CCN5CC[C@@H]4c3ccccc3)NC2=O)cc1OC. The second kappa shape index (κ2) is 13.4. The number of ether oxygens (including phenoxy) is 2. The number of aliphatic imine (C=N–C) groups is 1. The molecule has 3 aliphatic rings. The van der Waals surface area contributed by atoms with E-state index in [0.29, 0.717) is 40.0 Å². The van der Waals surface area contributed by atoms with Crippen LogP contribution in [0.25, 0.3) is 6.08 Å². The van der Waals surface area contributed by atoms with Crippen LogP contribution in [-0.2, 0) is 4.79 Å². The predicted octanol–water partition coefficient (Wildman–Crippen LogP) is 9.02. The van der Waals surface area contributed by atoms with Gasteiger partial charge in [-0.3, -0.25) is 4.79 Å². The Morgan fingerprint density at radius 3 is 2.17 bits per heavy atom. The van der Waals surface area contributed by atoms with Gasteiger partial charge in [0.15, 0.2) is 16.7 Å². The van der Waals surface area contributed by atoms with Gasteiger partial charge in [-0.05, 0) is 105 Å². The average Bonchev–Trinajstić information content (AvgIpc) is 3.42. The molecule has 0 bridgehead atoms. The van der Waals surface area contributed by atoms with Gasteiger partial charge in [0, 0.05) is 30.6 Å². The average molecular weight is 695 g/mol. The van der Waals surface area contributed by atoms with Crippen LogP contribution in [0.3, 0.4) is 0 Å². The van der Waals surface area contributed by atoms with E-state index in [9.17, 15) is 4.79 Å². The molecule has 7 rings (SSSR count). The maximum Gasteiger partial charge on any atom is 0.264 e. The topological polar surface area (TPSA) is 63.2 Å². The third kappa shape index (κ3) is 6.08. The number of carbonyl (C=O) groups excluding carboxylic acids is 1. The van der Waals surface area contributed by atoms with E-state index < -0.39 is 0 Å². The third-order valence-electron chi connectivity index (χ3n) is 8.88. The first-order valence-electron chi connectivity index (χ1n) is 15.8. The number of nitrogens with zero attached hydrogens (tertiary/aromatic N) is 2. The Labute approximate surface area is 283 Å². The lowest BCUT2D eigenvalue weighted by Gasteiger charge is -2.43. The predicted molar refractivity (Wildman–Crippen MR) is 192 cm³/mol. The van der Waals surface area contributed by atoms with E-state index in [1.165, 1.54) is 39.7 Å². The molecule has 1 saturated heterocycles. The van der Waals surface area contributed by atoms with Crippen LogP contribution in [0.1, 0.15) is 65.8 Å². The summed E-state index contributed by atoms with van der Waals surface area (Å²) in [6.07, 6.45) is 4.88. The molecule has 3 heterocycles. The number of hydrogen-bond acceptors (Lipinski definition) is 6. The van der Waals surface area contributed by atoms with Crippen molar-refractivity contribution >= 4 is 56.2 Å². The number of rotatable bonds is 8. The summed E-state index contributed by atoms with van der Waals surface area (Å²) in [6.45, 7) is 4.74. The van der Waals surface area contributed by atoms with Crippen LogP contribution in [0.4, 0.5) is 11.4 Å². The fourth-order valence-corrected chi connectivity index (χ4v) is 8.24. The zero-order valence-electron chi connectivity index (χ0n) is 26.0. The molecule has 4 aromatic carbocycles. The van der Waals surface area contributed by atoms with E-state index in [1.54, 1.807) is 7.11 Å². The van der Waals surface area contributed by atoms with Crippen molar-refractivity contribution in [2.24, 2.45) is 4.99 Å². The van der Waals surface area contributed by atoms with Gasteiger partial charge >= 0.3 is 0 Å². The van der Waals surface area contributed by atoms with Gasteiger partial charge in [-0.2, -0.15) is 0 Å². The van der Waals surface area contributed by atoms with Crippen LogP contribution in [-0.4, -0.2) is 37.9 Å². The first-order chi connectivity index (χ1) is 22.5. The highest BCUT2D eigenvalue weighted by Crippen LogP contribution is 2.50. The highest BCUT2D eigenvalue weighted by atomic mass is 79.9. The van der Waals surface area contributed by atoms with Gasteiger partial charge in [0.2, 0.25) is 0 Å². The Balaban J connectivity index is 1.26. The third-order valence-corrected chi connectivity index (χ3v) is 10.4. The molecule has 0 spiro atoms. The van der Waals surface area contributed by atoms with Gasteiger partial charge in [0.05, 0.1) is 28.8 Å². The maximum absolute atomic E-state index is 13.2. The maximum atomic E-state index is 13.2. The van der Waals surface area contributed by atoms with Gasteiger partial charge in [-0.25, -0.2) is 4.99 Å². The lowest BCUT2D eigenvalue weighted by molar-refractivity contribution is -0.115. The molecule has 4 aromatic rings. The van der Waals surface area contributed by atoms with Crippen molar-refractivity contribution in [3.05, 3.63) is 122 Å². The van der Waals surface area contributed by atoms with E-state index in [0.717, 1.165) is 48.1 Å². The molecule has 6 nitrogen and oxygen atoms in total. The number of thioether (sulfide) groups is 1. The van der Waals surface area contributed by atoms with Crippen molar-refractivity contribution < 1.29 is 14.3 Å². The molecule has 3 aliphatic heterocycles. The van der Waals surface area contributed by atoms with Crippen molar-refractivity contribution in [2.45, 2.75) is 38.0 Å². The zero-order chi connectivity index (χ0) is 31.6. The number of nitrogens with one attached hydrogen (secondary N) is 1. The number of methoxy groups -OCH3 is 1. The standard InChI is InChI=1S/C38H36BrN3O3S/c1-3-18-45-36-32(39)19-24(20-33(36)44-2)21-34-37(43)41-38(46-34)40-27-22-30-28(25-10-6-4-7-11-25)14-16-42-17-15-29(31(23-27)35(30)42)26-12-8-5-9-13-26/h4-13,19-23,28-29H,3,14-18H2,1-2H3,(H,40,41,43)/b34-21-/t28-,29-/m1/s1. The zero-order valence-corrected chi connectivity index (χ0v) is 28.4. The van der Waals surface area contributed by atoms with Gasteiger partial charge in [0.25, 0.3) is 5.91 Å². The van der Waals surface area contributed by atoms with Crippen molar-refractivity contribution in [2.75, 3.05) is 31.7 Å². The Morgan fingerprint density at radius 2 is 1.59 bits per heavy atom. The van der Waals surface area contributed by atoms with Crippen molar-refractivity contribution in [1.82, 2.24) is 5.32 Å². The van der Waals surface area contributed by atoms with E-state index in [-0.39, 0.29) is 5.91 Å². The molecule has 2 atom stereocenters. The van der Waals surface area contributed by atoms with Gasteiger partial charge in [-0.15, -0.1) is 0 Å². The quantitative estimate of drug-likeness (QED) is 0.187. The van der Waals surface area contributed by atoms with Crippen molar-refractivity contribution in [1.29, 1.82) is 0 Å². The largest absolute Gasteiger partial charge is 0.493 e. The second-order valence-electron chi connectivity index (χ2n) is 11.8. The molecule has 1 N–H and O–H groups in total. The molecule has 1 amide bonds. The second-order valence-corrected chi connectivity index (χ2v) is 13.7. The fraction of sp³-hybridized carbons (Fsp3) is 0.263. The van der Waals surface area contributed by atoms with Crippen molar-refractivity contribution in [3.63, 3.8) is 0 Å². The van der Waals surface area contributed by atoms with Gasteiger partial charge in [-0.1, -0.05) is 67.6 Å². The van der Waals surface area contributed by atoms with Crippen molar-refractivity contribution in [3.8, 4) is 11.5 Å². The molecule has 0 saturated carbocycles. The Kier molecular flexibility index (Phi) is 8.91. The van der Waals surface area contributed by atoms with E-state index in [1.807, 2.05) is 18.2 Å². The normalized spacial score (nSPS) is 20.5. The summed E-state index contributed by atoms with van der Waals surface area (Å²) in [6, 6.07) is 29.9. The lowest BCUT2D eigenvalue weighted by Crippen LogP contribution is -2.37. The Hall–Kier alpha value is -4.01. The minimum Gasteiger partial charge on any atom is -0.493 e. The summed E-state index contributed by atoms with van der Waals surface area (Å²) >= 11 is 4.97. The molecule has 8 heteroatoms. The minimum atomic E-state index is -0.167. The van der Waals surface area contributed by atoms with Crippen LogP contribution < -0.4 is 19.7 Å². The van der Waals surface area contributed by atoms with Crippen LogP contribution in [0, 0.1) is 0 Å². The number of hydrogen-bond donors (Lipinski definition) is 1. The number of amidine groups is 1. The molecule has 0 radical (unpaired) electrons. The van der Waals surface area contributed by atoms with Crippen LogP contribution in [0.15, 0.2) is 99.3 Å². The van der Waals surface area contributed by atoms with Crippen LogP contribution in [0.5, 0.6) is 11.5 Å². The fourth-order valence-electron chi connectivity index (χ4n) is 6.82. The Bertz CT molecular complexity index is 1750. The molecule has 0 aliphatic carbocycles. The smallest absolute Gasteiger partial charge is 0.264 e. The monoisotopic (exact) mass is 693 g/mol. The summed E-state index contributed by atoms with van der Waals surface area (Å²) in [5.74, 6) is 1.69. The van der Waals surface area contributed by atoms with Gasteiger partial charge < -0.3 is 19.7 Å². The molecular formula is C38H36BrN3O3S. The summed E-state index contributed by atoms with van der Waals surface area (Å²) in [4.78, 5) is 21.4. The summed E-state index contributed by atoms with van der Waals surface area (Å²) in [5.41, 5.74) is 8.37. The first kappa shape index (κ1) is 30.6. The number of halogens is 1. The molecule has 0 aromatic heterocycles. The molecule has 0 unspecified atom stereocenters. The molecule has 1 fully saturated rings. The molecule has 46 heavy (non-hydrogen) atoms. The van der Waals surface area contributed by atoms with Gasteiger partial charge in [0.1, 0.15) is 0 Å². The summed E-state index contributed by atoms with van der Waals surface area (Å²) < 4.78 is 12.3. The Morgan fingerprint density at radius 1 is 0.957 bits per heavy atom. The molecule has 234 valence electrons. The summed E-state index contributed by atoms with van der Waals surface area (Å²) in [5, 5.41) is 3.59. The highest BCUT2D eigenvalue weighted by Gasteiger charge is 2.35. The van der Waals surface area contributed by atoms with E-state index in [4.69, 9.17) is 14.5 Å². The van der Waals surface area contributed by atoms with E-state index >= 15 is 0 Å². The first-order valence-corrected chi connectivity index (χ1v) is 17.5. The number of carbonyl (C=O) groups is 1. The lowest BCUT2D eigenvalue weighted by atomic mass is 9.76. The molecular weight excluding hydrogens is 658 g/mol. The summed E-state index contributed by atoms with van der Waals surface area (Å²) in [7, 11) is 1.62. The number of benzene rings is 4. The minimum absolute atomic E-state index is 0.167. The highest BCUT2D eigenvalue weighted by molar-refractivity contribution is 9.10. The number of amides is 1. The van der Waals surface area contributed by atoms with Crippen LogP contribution >= 0.6 is 27.7 Å².